The summed E-state index contributed by atoms with van der Waals surface area (Å²) in [6, 6.07) is 6.67. The van der Waals surface area contributed by atoms with Crippen LogP contribution in [0.3, 0.4) is 0 Å². The van der Waals surface area contributed by atoms with Gasteiger partial charge < -0.3 is 29.3 Å². The minimum atomic E-state index is -0.595. The molecule has 0 aliphatic carbocycles. The fourth-order valence-corrected chi connectivity index (χ4v) is 4.49. The van der Waals surface area contributed by atoms with Crippen LogP contribution in [0.2, 0.25) is 0 Å². The second kappa shape index (κ2) is 8.67. The molecule has 1 aromatic heterocycles. The van der Waals surface area contributed by atoms with E-state index in [-0.39, 0.29) is 24.8 Å². The number of fused-ring (bicyclic) bond motifs is 1. The monoisotopic (exact) mass is 453 g/mol. The molecule has 9 nitrogen and oxygen atoms in total. The predicted octanol–water partition coefficient (Wildman–Crippen LogP) is 2.96. The Balaban J connectivity index is 1.98. The van der Waals surface area contributed by atoms with Crippen molar-refractivity contribution >= 4 is 5.91 Å². The second-order valence-electron chi connectivity index (χ2n) is 7.92. The van der Waals surface area contributed by atoms with E-state index in [4.69, 9.17) is 14.2 Å². The van der Waals surface area contributed by atoms with Crippen LogP contribution in [-0.2, 0) is 0 Å². The summed E-state index contributed by atoms with van der Waals surface area (Å²) in [6.45, 7) is 3.65. The number of aliphatic hydroxyl groups is 1. The average Bonchev–Trinajstić information content (AvgIpc) is 3.34. The van der Waals surface area contributed by atoms with Gasteiger partial charge in [-0.05, 0) is 48.7 Å². The number of amides is 1. The molecule has 1 aliphatic rings. The summed E-state index contributed by atoms with van der Waals surface area (Å²) in [5.41, 5.74) is 4.29. The number of aromatic hydroxyl groups is 1. The maximum Gasteiger partial charge on any atom is 0.273 e. The Bertz CT molecular complexity index is 1190. The normalized spacial score (nSPS) is 15.0. The van der Waals surface area contributed by atoms with Gasteiger partial charge in [-0.3, -0.25) is 9.89 Å². The molecule has 1 atom stereocenters. The Labute approximate surface area is 191 Å². The smallest absolute Gasteiger partial charge is 0.273 e. The van der Waals surface area contributed by atoms with E-state index in [1.54, 1.807) is 17.0 Å². The highest BCUT2D eigenvalue weighted by atomic mass is 16.5. The Morgan fingerprint density at radius 1 is 1.06 bits per heavy atom. The Morgan fingerprint density at radius 2 is 1.73 bits per heavy atom. The number of hydrogen-bond acceptors (Lipinski definition) is 7. The van der Waals surface area contributed by atoms with Gasteiger partial charge in [0.25, 0.3) is 5.91 Å². The first-order chi connectivity index (χ1) is 15.9. The van der Waals surface area contributed by atoms with Crippen LogP contribution in [0.15, 0.2) is 24.3 Å². The number of ether oxygens (including phenoxy) is 3. The van der Waals surface area contributed by atoms with Crippen LogP contribution in [-0.4, -0.2) is 65.7 Å². The van der Waals surface area contributed by atoms with Crippen molar-refractivity contribution in [2.75, 3.05) is 34.5 Å². The molecule has 1 aliphatic heterocycles. The van der Waals surface area contributed by atoms with Gasteiger partial charge in [0.15, 0.2) is 11.5 Å². The first-order valence-electron chi connectivity index (χ1n) is 10.5. The number of rotatable bonds is 7. The lowest BCUT2D eigenvalue weighted by Gasteiger charge is -2.27. The van der Waals surface area contributed by atoms with Crippen LogP contribution in [0.5, 0.6) is 23.0 Å². The highest BCUT2D eigenvalue weighted by molar-refractivity contribution is 6.00. The number of phenolic OH excluding ortho intramolecular Hbond substituents is 1. The van der Waals surface area contributed by atoms with Crippen LogP contribution in [0.4, 0.5) is 0 Å². The average molecular weight is 453 g/mol. The van der Waals surface area contributed by atoms with E-state index in [1.807, 2.05) is 26.0 Å². The van der Waals surface area contributed by atoms with Gasteiger partial charge in [0, 0.05) is 17.7 Å². The fraction of sp³-hybridized carbons (Fsp3) is 0.333. The Morgan fingerprint density at radius 3 is 2.30 bits per heavy atom. The van der Waals surface area contributed by atoms with Gasteiger partial charge in [0.2, 0.25) is 5.75 Å². The lowest BCUT2D eigenvalue weighted by atomic mass is 9.93. The molecule has 33 heavy (non-hydrogen) atoms. The SMILES string of the molecule is COc1cc([C@@H]2c3c(-c4cc(C)cc(C)c4O)n[nH]c3C(=O)N2CCO)cc(OC)c1OC. The zero-order valence-electron chi connectivity index (χ0n) is 19.2. The standard InChI is InChI=1S/C24H27N3O6/c1-12-8-13(2)22(29)15(9-12)19-18-20(26-25-19)24(30)27(6-7-28)21(18)14-10-16(31-3)23(33-5)17(11-14)32-4/h8-11,21,28-29H,6-7H2,1-5H3,(H,25,26)/t21-/m1/s1. The molecule has 4 rings (SSSR count). The Kier molecular flexibility index (Phi) is 5.90. The number of nitrogens with one attached hydrogen (secondary N) is 1. The van der Waals surface area contributed by atoms with Crippen molar-refractivity contribution in [2.45, 2.75) is 19.9 Å². The minimum absolute atomic E-state index is 0.103. The van der Waals surface area contributed by atoms with E-state index in [9.17, 15) is 15.0 Å². The molecular weight excluding hydrogens is 426 g/mol. The summed E-state index contributed by atoms with van der Waals surface area (Å²) in [4.78, 5) is 14.8. The first-order valence-corrected chi connectivity index (χ1v) is 10.5. The molecule has 0 fully saturated rings. The molecule has 0 spiro atoms. The van der Waals surface area contributed by atoms with Gasteiger partial charge in [-0.25, -0.2) is 0 Å². The van der Waals surface area contributed by atoms with Crippen molar-refractivity contribution in [3.63, 3.8) is 0 Å². The highest BCUT2D eigenvalue weighted by Gasteiger charge is 2.43. The first kappa shape index (κ1) is 22.5. The van der Waals surface area contributed by atoms with Gasteiger partial charge in [0.05, 0.1) is 34.0 Å². The zero-order valence-corrected chi connectivity index (χ0v) is 19.2. The largest absolute Gasteiger partial charge is 0.507 e. The number of carbonyl (C=O) groups is 1. The number of aromatic nitrogens is 2. The second-order valence-corrected chi connectivity index (χ2v) is 7.92. The van der Waals surface area contributed by atoms with E-state index in [2.05, 4.69) is 10.2 Å². The van der Waals surface area contributed by atoms with E-state index in [1.165, 1.54) is 21.3 Å². The molecule has 2 heterocycles. The van der Waals surface area contributed by atoms with Crippen LogP contribution >= 0.6 is 0 Å². The van der Waals surface area contributed by atoms with Gasteiger partial charge in [-0.2, -0.15) is 5.10 Å². The number of benzene rings is 2. The van der Waals surface area contributed by atoms with E-state index >= 15 is 0 Å². The number of β-amino-alcohol motifs (C(OH)–C–C–N with tert-alkyl or cyclic N) is 1. The van der Waals surface area contributed by atoms with E-state index < -0.39 is 6.04 Å². The summed E-state index contributed by atoms with van der Waals surface area (Å²) in [5, 5.41) is 27.7. The van der Waals surface area contributed by atoms with Crippen LogP contribution in [0.1, 0.15) is 38.8 Å². The maximum absolute atomic E-state index is 13.3. The molecule has 0 saturated carbocycles. The summed E-state index contributed by atoms with van der Waals surface area (Å²) in [6.07, 6.45) is 0. The van der Waals surface area contributed by atoms with Crippen LogP contribution in [0.25, 0.3) is 11.3 Å². The number of phenols is 1. The van der Waals surface area contributed by atoms with Crippen molar-refractivity contribution in [1.29, 1.82) is 0 Å². The van der Waals surface area contributed by atoms with E-state index in [0.717, 1.165) is 5.56 Å². The van der Waals surface area contributed by atoms with E-state index in [0.29, 0.717) is 50.9 Å². The molecule has 0 bridgehead atoms. The summed E-state index contributed by atoms with van der Waals surface area (Å²) in [5.74, 6) is 1.13. The highest BCUT2D eigenvalue weighted by Crippen LogP contribution is 2.48. The minimum Gasteiger partial charge on any atom is -0.507 e. The summed E-state index contributed by atoms with van der Waals surface area (Å²) < 4.78 is 16.5. The van der Waals surface area contributed by atoms with Crippen LogP contribution < -0.4 is 14.2 Å². The number of hydrogen-bond donors (Lipinski definition) is 3. The maximum atomic E-state index is 13.3. The van der Waals surface area contributed by atoms with Gasteiger partial charge in [-0.15, -0.1) is 0 Å². The molecule has 3 N–H and O–H groups in total. The van der Waals surface area contributed by atoms with Crippen molar-refractivity contribution in [3.05, 3.63) is 52.2 Å². The molecule has 1 amide bonds. The molecule has 0 saturated heterocycles. The van der Waals surface area contributed by atoms with Gasteiger partial charge in [-0.1, -0.05) is 6.07 Å². The predicted molar refractivity (Wildman–Crippen MR) is 121 cm³/mol. The summed E-state index contributed by atoms with van der Waals surface area (Å²) >= 11 is 0. The quantitative estimate of drug-likeness (QED) is 0.503. The third-order valence-electron chi connectivity index (χ3n) is 5.91. The third-order valence-corrected chi connectivity index (χ3v) is 5.91. The molecule has 174 valence electrons. The van der Waals surface area contributed by atoms with Gasteiger partial charge in [0.1, 0.15) is 17.1 Å². The molecule has 0 radical (unpaired) electrons. The zero-order chi connectivity index (χ0) is 23.9. The number of nitrogens with zero attached hydrogens (tertiary/aromatic N) is 2. The lowest BCUT2D eigenvalue weighted by molar-refractivity contribution is 0.0706. The number of H-pyrrole nitrogens is 1. The molecule has 2 aromatic carbocycles. The molecule has 0 unspecified atom stereocenters. The van der Waals surface area contributed by atoms with Crippen molar-refractivity contribution < 1.29 is 29.2 Å². The molecule has 3 aromatic rings. The molecular formula is C24H27N3O6. The fourth-order valence-electron chi connectivity index (χ4n) is 4.49. The van der Waals surface area contributed by atoms with Crippen molar-refractivity contribution in [3.8, 4) is 34.3 Å². The number of aryl methyl sites for hydroxylation is 2. The van der Waals surface area contributed by atoms with Crippen LogP contribution in [0, 0.1) is 13.8 Å². The Hall–Kier alpha value is -3.72. The number of carbonyl (C=O) groups excluding carboxylic acids is 1. The third kappa shape index (κ3) is 3.54. The molecule has 9 heteroatoms. The van der Waals surface area contributed by atoms with Crippen molar-refractivity contribution in [2.24, 2.45) is 0 Å². The number of aromatic amines is 1. The number of aliphatic hydroxyl groups excluding tert-OH is 1. The topological polar surface area (TPSA) is 117 Å². The van der Waals surface area contributed by atoms with Crippen molar-refractivity contribution in [1.82, 2.24) is 15.1 Å². The number of methoxy groups -OCH3 is 3. The lowest BCUT2D eigenvalue weighted by Crippen LogP contribution is -2.32. The van der Waals surface area contributed by atoms with Gasteiger partial charge >= 0.3 is 0 Å². The summed E-state index contributed by atoms with van der Waals surface area (Å²) in [7, 11) is 4.57.